The van der Waals surface area contributed by atoms with Gasteiger partial charge < -0.3 is 15.4 Å². The molecule has 0 aliphatic heterocycles. The van der Waals surface area contributed by atoms with Gasteiger partial charge >= 0.3 is 0 Å². The number of aromatic nitrogens is 1. The van der Waals surface area contributed by atoms with Gasteiger partial charge in [0, 0.05) is 26.0 Å². The van der Waals surface area contributed by atoms with Crippen molar-refractivity contribution in [2.75, 3.05) is 23.0 Å². The molecule has 0 aliphatic rings. The number of nitrogens with one attached hydrogen (secondary N) is 2. The monoisotopic (exact) mass is 553 g/mol. The van der Waals surface area contributed by atoms with E-state index in [4.69, 9.17) is 4.74 Å². The number of para-hydroxylation sites is 1. The van der Waals surface area contributed by atoms with Crippen molar-refractivity contribution < 1.29 is 14.3 Å². The normalized spacial score (nSPS) is 10.5. The summed E-state index contributed by atoms with van der Waals surface area (Å²) >= 11 is 6.19. The van der Waals surface area contributed by atoms with Gasteiger partial charge in [0.05, 0.1) is 11.4 Å². The van der Waals surface area contributed by atoms with E-state index >= 15 is 0 Å². The Morgan fingerprint density at radius 2 is 1.74 bits per heavy atom. The molecule has 9 heteroatoms. The summed E-state index contributed by atoms with van der Waals surface area (Å²) in [5, 5.41) is 8.13. The molecular formula is C25H20BrN3O3S2. The summed E-state index contributed by atoms with van der Waals surface area (Å²) in [5.74, 6) is 0.459. The largest absolute Gasteiger partial charge is 0.484 e. The molecule has 1 heterocycles. The van der Waals surface area contributed by atoms with Crippen molar-refractivity contribution in [3.8, 4) is 17.0 Å². The van der Waals surface area contributed by atoms with Gasteiger partial charge in [0.25, 0.3) is 5.91 Å². The molecule has 172 valence electrons. The Morgan fingerprint density at radius 3 is 2.53 bits per heavy atom. The zero-order valence-electron chi connectivity index (χ0n) is 17.9. The molecule has 3 aromatic carbocycles. The van der Waals surface area contributed by atoms with E-state index in [1.807, 2.05) is 66.0 Å². The van der Waals surface area contributed by atoms with Crippen LogP contribution in [0.4, 0.5) is 10.8 Å². The number of nitrogens with zero attached hydrogens (tertiary/aromatic N) is 1. The number of hydrogen-bond donors (Lipinski definition) is 2. The van der Waals surface area contributed by atoms with Gasteiger partial charge in [-0.15, -0.1) is 23.1 Å². The van der Waals surface area contributed by atoms with Crippen LogP contribution in [0.25, 0.3) is 11.3 Å². The molecule has 2 N–H and O–H groups in total. The van der Waals surface area contributed by atoms with Gasteiger partial charge in [0.2, 0.25) is 5.91 Å². The van der Waals surface area contributed by atoms with Crippen molar-refractivity contribution >= 4 is 61.7 Å². The van der Waals surface area contributed by atoms with Crippen LogP contribution in [0.5, 0.6) is 5.75 Å². The number of thioether (sulfide) groups is 1. The molecule has 0 saturated carbocycles. The predicted octanol–water partition coefficient (Wildman–Crippen LogP) is 6.32. The molecule has 4 aromatic rings. The molecule has 34 heavy (non-hydrogen) atoms. The van der Waals surface area contributed by atoms with Crippen molar-refractivity contribution in [1.82, 2.24) is 4.98 Å². The first-order valence-electron chi connectivity index (χ1n) is 10.3. The van der Waals surface area contributed by atoms with Crippen molar-refractivity contribution in [2.24, 2.45) is 0 Å². The minimum atomic E-state index is -0.255. The summed E-state index contributed by atoms with van der Waals surface area (Å²) in [5.41, 5.74) is 2.45. The number of carbonyl (C=O) groups excluding carboxylic acids is 2. The highest BCUT2D eigenvalue weighted by molar-refractivity contribution is 9.10. The van der Waals surface area contributed by atoms with Crippen LogP contribution >= 0.6 is 39.0 Å². The lowest BCUT2D eigenvalue weighted by Gasteiger charge is -2.09. The average molecular weight is 554 g/mol. The van der Waals surface area contributed by atoms with Gasteiger partial charge in [0.1, 0.15) is 5.75 Å². The lowest BCUT2D eigenvalue weighted by Crippen LogP contribution is -2.20. The summed E-state index contributed by atoms with van der Waals surface area (Å²) in [7, 11) is 0. The molecule has 0 unspecified atom stereocenters. The Morgan fingerprint density at radius 1 is 0.941 bits per heavy atom. The van der Waals surface area contributed by atoms with Crippen LogP contribution in [0.15, 0.2) is 93.6 Å². The number of anilines is 2. The fraction of sp³-hybridized carbons (Fsp3) is 0.0800. The molecule has 0 aliphatic carbocycles. The van der Waals surface area contributed by atoms with Crippen LogP contribution in [-0.4, -0.2) is 29.2 Å². The van der Waals surface area contributed by atoms with Crippen LogP contribution in [0.2, 0.25) is 0 Å². The summed E-state index contributed by atoms with van der Waals surface area (Å²) in [6.07, 6.45) is 0. The van der Waals surface area contributed by atoms with Crippen molar-refractivity contribution in [3.05, 3.63) is 88.7 Å². The predicted molar refractivity (Wildman–Crippen MR) is 142 cm³/mol. The van der Waals surface area contributed by atoms with E-state index in [9.17, 15) is 9.59 Å². The number of amides is 2. The molecule has 0 atom stereocenters. The maximum Gasteiger partial charge on any atom is 0.262 e. The fourth-order valence-electron chi connectivity index (χ4n) is 2.91. The molecule has 0 fully saturated rings. The molecule has 0 spiro atoms. The summed E-state index contributed by atoms with van der Waals surface area (Å²) in [4.78, 5) is 29.9. The Labute approximate surface area is 213 Å². The highest BCUT2D eigenvalue weighted by Crippen LogP contribution is 2.27. The number of halogens is 1. The number of carbonyl (C=O) groups is 2. The highest BCUT2D eigenvalue weighted by Gasteiger charge is 2.10. The molecule has 1 aromatic heterocycles. The third kappa shape index (κ3) is 7.18. The number of hydrogen-bond acceptors (Lipinski definition) is 6. The molecule has 0 bridgehead atoms. The van der Waals surface area contributed by atoms with E-state index in [0.29, 0.717) is 16.6 Å². The molecule has 2 amide bonds. The minimum Gasteiger partial charge on any atom is -0.484 e. The van der Waals surface area contributed by atoms with Crippen LogP contribution in [-0.2, 0) is 9.59 Å². The van der Waals surface area contributed by atoms with Gasteiger partial charge in [-0.1, -0.05) is 52.3 Å². The first-order valence-corrected chi connectivity index (χ1v) is 12.9. The second kappa shape index (κ2) is 11.8. The van der Waals surface area contributed by atoms with E-state index in [-0.39, 0.29) is 24.2 Å². The van der Waals surface area contributed by atoms with Gasteiger partial charge in [0.15, 0.2) is 11.7 Å². The van der Waals surface area contributed by atoms with Crippen molar-refractivity contribution in [3.63, 3.8) is 0 Å². The summed E-state index contributed by atoms with van der Waals surface area (Å²) in [6.45, 7) is -0.0835. The standard InChI is InChI=1S/C25H20BrN3O3S2/c26-18-11-9-17(10-12-18)22-15-34-25(28-22)29-24(31)16-33-21-8-4-5-19(13-21)27-23(30)14-32-20-6-2-1-3-7-20/h1-13,15H,14,16H2,(H,27,30)(H,28,29,31). The Bertz CT molecular complexity index is 1260. The molecule has 4 rings (SSSR count). The number of ether oxygens (including phenoxy) is 1. The van der Waals surface area contributed by atoms with Crippen molar-refractivity contribution in [2.45, 2.75) is 4.90 Å². The molecular weight excluding hydrogens is 534 g/mol. The minimum absolute atomic E-state index is 0.0835. The lowest BCUT2D eigenvalue weighted by atomic mass is 10.2. The van der Waals surface area contributed by atoms with Crippen LogP contribution in [0.3, 0.4) is 0 Å². The van der Waals surface area contributed by atoms with E-state index in [1.165, 1.54) is 23.1 Å². The van der Waals surface area contributed by atoms with E-state index < -0.39 is 0 Å². The van der Waals surface area contributed by atoms with Gasteiger partial charge in [-0.25, -0.2) is 4.98 Å². The second-order valence-corrected chi connectivity index (χ2v) is 9.88. The first kappa shape index (κ1) is 24.0. The van der Waals surface area contributed by atoms with Crippen molar-refractivity contribution in [1.29, 1.82) is 0 Å². The van der Waals surface area contributed by atoms with Gasteiger partial charge in [-0.3, -0.25) is 9.59 Å². The third-order valence-electron chi connectivity index (χ3n) is 4.49. The van der Waals surface area contributed by atoms with E-state index in [1.54, 1.807) is 18.2 Å². The second-order valence-electron chi connectivity index (χ2n) is 7.06. The quantitative estimate of drug-likeness (QED) is 0.237. The maximum absolute atomic E-state index is 12.4. The van der Waals surface area contributed by atoms with E-state index in [0.717, 1.165) is 20.6 Å². The third-order valence-corrected chi connectivity index (χ3v) is 6.77. The number of rotatable bonds is 9. The molecule has 6 nitrogen and oxygen atoms in total. The zero-order valence-corrected chi connectivity index (χ0v) is 21.1. The summed E-state index contributed by atoms with van der Waals surface area (Å²) in [6, 6.07) is 24.4. The Kier molecular flexibility index (Phi) is 8.35. The topological polar surface area (TPSA) is 80.3 Å². The van der Waals surface area contributed by atoms with Crippen LogP contribution in [0.1, 0.15) is 0 Å². The Balaban J connectivity index is 1.25. The average Bonchev–Trinajstić information content (AvgIpc) is 3.31. The zero-order chi connectivity index (χ0) is 23.8. The maximum atomic E-state index is 12.4. The SMILES string of the molecule is O=C(COc1ccccc1)Nc1cccc(SCC(=O)Nc2nc(-c3ccc(Br)cc3)cs2)c1. The fourth-order valence-corrected chi connectivity index (χ4v) is 4.67. The van der Waals surface area contributed by atoms with E-state index in [2.05, 4.69) is 31.5 Å². The molecule has 0 saturated heterocycles. The van der Waals surface area contributed by atoms with Crippen LogP contribution < -0.4 is 15.4 Å². The Hall–Kier alpha value is -3.14. The van der Waals surface area contributed by atoms with Crippen LogP contribution in [0, 0.1) is 0 Å². The van der Waals surface area contributed by atoms with Gasteiger partial charge in [-0.05, 0) is 42.5 Å². The smallest absolute Gasteiger partial charge is 0.262 e. The number of thiazole rings is 1. The number of benzene rings is 3. The summed E-state index contributed by atoms with van der Waals surface area (Å²) < 4.78 is 6.46. The van der Waals surface area contributed by atoms with Gasteiger partial charge in [-0.2, -0.15) is 0 Å². The first-order chi connectivity index (χ1) is 16.5. The lowest BCUT2D eigenvalue weighted by molar-refractivity contribution is -0.118. The highest BCUT2D eigenvalue weighted by atomic mass is 79.9. The molecule has 0 radical (unpaired) electrons.